The van der Waals surface area contributed by atoms with Crippen molar-refractivity contribution in [3.05, 3.63) is 69.4 Å². The Hall–Kier alpha value is -1.80. The Bertz CT molecular complexity index is 957. The minimum absolute atomic E-state index is 1.02. The summed E-state index contributed by atoms with van der Waals surface area (Å²) in [6, 6.07) is 8.93. The van der Waals surface area contributed by atoms with Gasteiger partial charge in [-0.3, -0.25) is 0 Å². The molecular weight excluding hydrogens is 334 g/mol. The van der Waals surface area contributed by atoms with Gasteiger partial charge in [0, 0.05) is 10.9 Å². The van der Waals surface area contributed by atoms with Crippen LogP contribution in [0, 0.1) is 13.8 Å². The first-order chi connectivity index (χ1) is 10.6. The first-order valence-corrected chi connectivity index (χ1v) is 8.47. The molecule has 0 spiro atoms. The number of H-pyrrole nitrogens is 1. The van der Waals surface area contributed by atoms with Gasteiger partial charge in [-0.05, 0) is 88.3 Å². The Morgan fingerprint density at radius 3 is 2.73 bits per heavy atom. The fraction of sp³-hybridized carbons (Fsp3) is 0.200. The second-order valence-corrected chi connectivity index (χ2v) is 7.02. The number of fused-ring (bicyclic) bond motifs is 2. The highest BCUT2D eigenvalue weighted by atomic mass is 79.9. The zero-order valence-electron chi connectivity index (χ0n) is 12.8. The van der Waals surface area contributed by atoms with Gasteiger partial charge in [0.05, 0.1) is 4.60 Å². The van der Waals surface area contributed by atoms with Crippen LogP contribution in [0.4, 0.5) is 0 Å². The number of aromatic amines is 1. The molecule has 4 rings (SSSR count). The lowest BCUT2D eigenvalue weighted by atomic mass is 9.98. The van der Waals surface area contributed by atoms with Gasteiger partial charge in [0.2, 0.25) is 0 Å². The molecule has 0 fully saturated rings. The second-order valence-electron chi connectivity index (χ2n) is 6.17. The molecule has 1 nitrogen and oxygen atoms in total. The molecule has 110 valence electrons. The summed E-state index contributed by atoms with van der Waals surface area (Å²) >= 11 is 3.54. The molecule has 0 amide bonds. The van der Waals surface area contributed by atoms with E-state index in [9.17, 15) is 0 Å². The van der Waals surface area contributed by atoms with Gasteiger partial charge in [0.15, 0.2) is 0 Å². The molecule has 0 radical (unpaired) electrons. The van der Waals surface area contributed by atoms with Crippen molar-refractivity contribution in [1.29, 1.82) is 0 Å². The number of pyridine rings is 1. The molecule has 0 bridgehead atoms. The second kappa shape index (κ2) is 5.13. The summed E-state index contributed by atoms with van der Waals surface area (Å²) in [7, 11) is 0. The normalized spacial score (nSPS) is 14.2. The van der Waals surface area contributed by atoms with Crippen LogP contribution in [0.1, 0.15) is 23.1 Å². The number of allylic oxidation sites excluding steroid dienone is 4. The van der Waals surface area contributed by atoms with E-state index < -0.39 is 0 Å². The van der Waals surface area contributed by atoms with E-state index in [1.807, 2.05) is 0 Å². The van der Waals surface area contributed by atoms with Crippen molar-refractivity contribution in [3.8, 4) is 0 Å². The Balaban J connectivity index is 1.97. The minimum Gasteiger partial charge on any atom is -0.349 e. The highest BCUT2D eigenvalue weighted by Crippen LogP contribution is 2.35. The number of halogens is 1. The van der Waals surface area contributed by atoms with Gasteiger partial charge in [-0.2, -0.15) is 0 Å². The zero-order valence-corrected chi connectivity index (χ0v) is 14.4. The highest BCUT2D eigenvalue weighted by Gasteiger charge is 2.14. The predicted molar refractivity (Wildman–Crippen MR) is 98.5 cm³/mol. The van der Waals surface area contributed by atoms with E-state index in [0.29, 0.717) is 0 Å². The molecular formula is C20H18BrN. The molecule has 1 aliphatic carbocycles. The molecule has 0 aliphatic heterocycles. The third-order valence-corrected chi connectivity index (χ3v) is 5.20. The standard InChI is InChI=1S/C20H18BrN/c1-12-9-17-13(2)15-7-8-20(21)22-19(15)11-18(17)16(12)10-14-5-3-4-6-14/h3-5,7-9,11,22H,6,10H2,1-2H3. The number of aryl methyl sites for hydroxylation is 2. The van der Waals surface area contributed by atoms with Crippen LogP contribution in [-0.2, 0) is 6.42 Å². The summed E-state index contributed by atoms with van der Waals surface area (Å²) in [6.45, 7) is 4.47. The maximum absolute atomic E-state index is 3.54. The lowest BCUT2D eigenvalue weighted by molar-refractivity contribution is 1.09. The molecule has 0 atom stereocenters. The van der Waals surface area contributed by atoms with Crippen molar-refractivity contribution in [2.75, 3.05) is 0 Å². The van der Waals surface area contributed by atoms with Gasteiger partial charge in [0.1, 0.15) is 0 Å². The summed E-state index contributed by atoms with van der Waals surface area (Å²) in [5.41, 5.74) is 6.95. The van der Waals surface area contributed by atoms with Crippen molar-refractivity contribution in [2.24, 2.45) is 0 Å². The van der Waals surface area contributed by atoms with Crippen LogP contribution in [0.5, 0.6) is 0 Å². The molecule has 3 aromatic rings. The fourth-order valence-electron chi connectivity index (χ4n) is 3.53. The molecule has 22 heavy (non-hydrogen) atoms. The number of aromatic nitrogens is 1. The largest absolute Gasteiger partial charge is 0.349 e. The topological polar surface area (TPSA) is 15.8 Å². The number of hydrogen-bond acceptors (Lipinski definition) is 0. The summed E-state index contributed by atoms with van der Waals surface area (Å²) in [5, 5.41) is 4.08. The van der Waals surface area contributed by atoms with E-state index in [2.05, 4.69) is 77.3 Å². The SMILES string of the molecule is Cc1cc2c(C)c3ccc(Br)[nH]c3cc2c1CC1=CC=CC1. The van der Waals surface area contributed by atoms with Crippen molar-refractivity contribution < 1.29 is 0 Å². The summed E-state index contributed by atoms with van der Waals surface area (Å²) < 4.78 is 1.02. The average Bonchev–Trinajstić information content (AvgIpc) is 3.10. The highest BCUT2D eigenvalue weighted by molar-refractivity contribution is 9.10. The molecule has 1 aliphatic rings. The van der Waals surface area contributed by atoms with E-state index in [1.54, 1.807) is 0 Å². The molecule has 1 N–H and O–H groups in total. The van der Waals surface area contributed by atoms with Crippen LogP contribution in [0.3, 0.4) is 0 Å². The van der Waals surface area contributed by atoms with Crippen LogP contribution in [0.15, 0.2) is 52.7 Å². The van der Waals surface area contributed by atoms with E-state index >= 15 is 0 Å². The Kier molecular flexibility index (Phi) is 3.23. The smallest absolute Gasteiger partial charge is 0.0824 e. The van der Waals surface area contributed by atoms with Crippen LogP contribution in [0.25, 0.3) is 21.7 Å². The van der Waals surface area contributed by atoms with E-state index in [4.69, 9.17) is 0 Å². The van der Waals surface area contributed by atoms with Crippen LogP contribution >= 0.6 is 15.9 Å². The van der Waals surface area contributed by atoms with Crippen molar-refractivity contribution >= 4 is 37.6 Å². The Morgan fingerprint density at radius 2 is 1.95 bits per heavy atom. The molecule has 2 heteroatoms. The van der Waals surface area contributed by atoms with E-state index in [1.165, 1.54) is 43.9 Å². The minimum atomic E-state index is 1.02. The zero-order chi connectivity index (χ0) is 15.3. The molecule has 1 aromatic heterocycles. The van der Waals surface area contributed by atoms with Crippen molar-refractivity contribution in [1.82, 2.24) is 4.98 Å². The number of nitrogens with one attached hydrogen (secondary N) is 1. The maximum atomic E-state index is 3.54. The fourth-order valence-corrected chi connectivity index (χ4v) is 3.88. The van der Waals surface area contributed by atoms with Gasteiger partial charge >= 0.3 is 0 Å². The Labute approximate surface area is 138 Å². The summed E-state index contributed by atoms with van der Waals surface area (Å²) in [5.74, 6) is 0. The number of hydrogen-bond donors (Lipinski definition) is 1. The number of rotatable bonds is 2. The lowest BCUT2D eigenvalue weighted by Gasteiger charge is -2.08. The molecule has 0 saturated heterocycles. The molecule has 0 unspecified atom stereocenters. The Morgan fingerprint density at radius 1 is 1.09 bits per heavy atom. The van der Waals surface area contributed by atoms with Crippen LogP contribution < -0.4 is 0 Å². The summed E-state index contributed by atoms with van der Waals surface area (Å²) in [4.78, 5) is 3.44. The first-order valence-electron chi connectivity index (χ1n) is 7.68. The van der Waals surface area contributed by atoms with Crippen LogP contribution in [0.2, 0.25) is 0 Å². The average molecular weight is 352 g/mol. The van der Waals surface area contributed by atoms with E-state index in [-0.39, 0.29) is 0 Å². The number of benzene rings is 1. The predicted octanol–water partition coefficient (Wildman–Crippen LogP) is 6.13. The third-order valence-electron chi connectivity index (χ3n) is 4.74. The molecule has 1 heterocycles. The monoisotopic (exact) mass is 351 g/mol. The maximum Gasteiger partial charge on any atom is 0.0824 e. The van der Waals surface area contributed by atoms with Crippen LogP contribution in [-0.4, -0.2) is 4.98 Å². The van der Waals surface area contributed by atoms with Gasteiger partial charge in [-0.15, -0.1) is 0 Å². The van der Waals surface area contributed by atoms with Gasteiger partial charge in [0.25, 0.3) is 0 Å². The quantitative estimate of drug-likeness (QED) is 0.534. The molecule has 2 aromatic carbocycles. The first kappa shape index (κ1) is 13.8. The third kappa shape index (κ3) is 2.14. The molecule has 0 saturated carbocycles. The van der Waals surface area contributed by atoms with Crippen molar-refractivity contribution in [2.45, 2.75) is 26.7 Å². The van der Waals surface area contributed by atoms with Gasteiger partial charge in [-0.25, -0.2) is 0 Å². The summed E-state index contributed by atoms with van der Waals surface area (Å²) in [6.07, 6.45) is 8.81. The van der Waals surface area contributed by atoms with E-state index in [0.717, 1.165) is 17.4 Å². The lowest BCUT2D eigenvalue weighted by Crippen LogP contribution is -1.90. The van der Waals surface area contributed by atoms with Crippen molar-refractivity contribution in [3.63, 3.8) is 0 Å². The van der Waals surface area contributed by atoms with Gasteiger partial charge < -0.3 is 4.98 Å². The van der Waals surface area contributed by atoms with Gasteiger partial charge in [-0.1, -0.05) is 29.9 Å².